The second-order valence-corrected chi connectivity index (χ2v) is 7.25. The first kappa shape index (κ1) is 14.7. The molecule has 0 atom stereocenters. The number of benzene rings is 1. The minimum absolute atomic E-state index is 0.231. The number of hydrazine groups is 1. The van der Waals surface area contributed by atoms with Crippen LogP contribution >= 0.6 is 39.9 Å². The maximum atomic E-state index is 12.6. The van der Waals surface area contributed by atoms with Gasteiger partial charge in [0.25, 0.3) is 11.8 Å². The van der Waals surface area contributed by atoms with Gasteiger partial charge in [-0.3, -0.25) is 9.59 Å². The number of hydrogen-bond donors (Lipinski definition) is 1. The molecule has 2 aliphatic rings. The molecule has 0 bridgehead atoms. The highest BCUT2D eigenvalue weighted by atomic mass is 79.9. The Morgan fingerprint density at radius 3 is 2.52 bits per heavy atom. The van der Waals surface area contributed by atoms with E-state index in [1.54, 1.807) is 7.05 Å². The molecule has 0 radical (unpaired) electrons. The first-order valence-corrected chi connectivity index (χ1v) is 7.98. The zero-order valence-electron chi connectivity index (χ0n) is 11.1. The molecule has 2 aliphatic heterocycles. The second-order valence-electron chi connectivity index (χ2n) is 4.75. The molecule has 1 aromatic carbocycles. The third-order valence-corrected chi connectivity index (χ3v) is 5.36. The Kier molecular flexibility index (Phi) is 3.44. The normalized spacial score (nSPS) is 21.6. The largest absolute Gasteiger partial charge is 0.310 e. The van der Waals surface area contributed by atoms with Gasteiger partial charge in [0, 0.05) is 17.1 Å². The Balaban J connectivity index is 2.31. The summed E-state index contributed by atoms with van der Waals surface area (Å²) in [6.45, 7) is 1.93. The van der Waals surface area contributed by atoms with Crippen molar-refractivity contribution in [2.45, 2.75) is 6.92 Å². The van der Waals surface area contributed by atoms with Crippen molar-refractivity contribution in [2.24, 2.45) is 5.84 Å². The molecule has 0 aromatic heterocycles. The van der Waals surface area contributed by atoms with Crippen molar-refractivity contribution in [3.63, 3.8) is 0 Å². The summed E-state index contributed by atoms with van der Waals surface area (Å²) in [7, 11) is 1.68. The van der Waals surface area contributed by atoms with Crippen molar-refractivity contribution >= 4 is 67.3 Å². The summed E-state index contributed by atoms with van der Waals surface area (Å²) >= 11 is 9.56. The van der Waals surface area contributed by atoms with Gasteiger partial charge in [-0.1, -0.05) is 24.0 Å². The Hall–Kier alpha value is -1.22. The molecule has 5 nitrogen and oxygen atoms in total. The molecule has 1 fully saturated rings. The van der Waals surface area contributed by atoms with Crippen molar-refractivity contribution < 1.29 is 9.59 Å². The van der Waals surface area contributed by atoms with Crippen LogP contribution in [0.4, 0.5) is 5.69 Å². The quantitative estimate of drug-likeness (QED) is 0.322. The highest BCUT2D eigenvalue weighted by Crippen LogP contribution is 2.46. The standard InChI is InChI=1S/C13H10BrN3O2S2/c1-5-3-6-8(10-12(19)17(15)13(20)21-10)11(18)16(2)9(6)7(14)4-5/h3-4H,15H2,1-2H3/b10-8-. The van der Waals surface area contributed by atoms with E-state index in [4.69, 9.17) is 18.1 Å². The van der Waals surface area contributed by atoms with E-state index in [0.29, 0.717) is 5.57 Å². The number of nitrogens with two attached hydrogens (primary N) is 1. The SMILES string of the molecule is Cc1cc(Br)c2c(c1)/C(=C1/SC(=S)N(N)C1=O)C(=O)N2C. The lowest BCUT2D eigenvalue weighted by molar-refractivity contribution is -0.122. The van der Waals surface area contributed by atoms with Gasteiger partial charge in [0.2, 0.25) is 0 Å². The zero-order valence-corrected chi connectivity index (χ0v) is 14.4. The van der Waals surface area contributed by atoms with E-state index in [1.165, 1.54) is 4.90 Å². The lowest BCUT2D eigenvalue weighted by Gasteiger charge is -2.11. The van der Waals surface area contributed by atoms with Crippen LogP contribution in [0.5, 0.6) is 0 Å². The molecule has 1 aromatic rings. The number of amides is 2. The molecule has 21 heavy (non-hydrogen) atoms. The molecule has 0 saturated carbocycles. The number of fused-ring (bicyclic) bond motifs is 1. The van der Waals surface area contributed by atoms with Crippen LogP contribution in [0.1, 0.15) is 11.1 Å². The fourth-order valence-corrected chi connectivity index (χ4v) is 4.41. The van der Waals surface area contributed by atoms with Crippen molar-refractivity contribution in [2.75, 3.05) is 11.9 Å². The minimum Gasteiger partial charge on any atom is -0.310 e. The van der Waals surface area contributed by atoms with Crippen LogP contribution in [0.3, 0.4) is 0 Å². The number of thiocarbonyl (C=S) groups is 1. The lowest BCUT2D eigenvalue weighted by atomic mass is 10.0. The molecular formula is C13H10BrN3O2S2. The molecule has 0 unspecified atom stereocenters. The molecule has 2 N–H and O–H groups in total. The monoisotopic (exact) mass is 383 g/mol. The van der Waals surface area contributed by atoms with Crippen LogP contribution in [-0.4, -0.2) is 28.2 Å². The number of thioether (sulfide) groups is 1. The Morgan fingerprint density at radius 2 is 1.95 bits per heavy atom. The number of aryl methyl sites for hydroxylation is 1. The van der Waals surface area contributed by atoms with Gasteiger partial charge in [-0.05, 0) is 40.5 Å². The molecule has 108 valence electrons. The predicted molar refractivity (Wildman–Crippen MR) is 90.4 cm³/mol. The number of carbonyl (C=O) groups is 2. The number of halogens is 1. The molecule has 3 rings (SSSR count). The summed E-state index contributed by atoms with van der Waals surface area (Å²) in [5.74, 6) is 4.92. The van der Waals surface area contributed by atoms with Gasteiger partial charge < -0.3 is 4.90 Å². The van der Waals surface area contributed by atoms with Gasteiger partial charge in [0.15, 0.2) is 4.32 Å². The molecular weight excluding hydrogens is 374 g/mol. The van der Waals surface area contributed by atoms with Crippen molar-refractivity contribution in [1.29, 1.82) is 0 Å². The average molecular weight is 384 g/mol. The van der Waals surface area contributed by atoms with Gasteiger partial charge in [0.1, 0.15) is 0 Å². The smallest absolute Gasteiger partial charge is 0.281 e. The van der Waals surface area contributed by atoms with Crippen LogP contribution in [0.25, 0.3) is 5.57 Å². The summed E-state index contributed by atoms with van der Waals surface area (Å²) < 4.78 is 1.06. The molecule has 2 amide bonds. The van der Waals surface area contributed by atoms with Crippen molar-refractivity contribution in [3.05, 3.63) is 32.6 Å². The maximum Gasteiger partial charge on any atom is 0.281 e. The van der Waals surface area contributed by atoms with Crippen molar-refractivity contribution in [1.82, 2.24) is 5.01 Å². The van der Waals surface area contributed by atoms with Crippen LogP contribution in [0, 0.1) is 6.92 Å². The number of nitrogens with zero attached hydrogens (tertiary/aromatic N) is 2. The van der Waals surface area contributed by atoms with Gasteiger partial charge in [0.05, 0.1) is 16.2 Å². The summed E-state index contributed by atoms with van der Waals surface area (Å²) in [4.78, 5) is 26.6. The summed E-state index contributed by atoms with van der Waals surface area (Å²) in [6, 6.07) is 3.82. The van der Waals surface area contributed by atoms with Gasteiger partial charge in [-0.15, -0.1) is 0 Å². The number of anilines is 1. The first-order valence-electron chi connectivity index (χ1n) is 5.96. The fraction of sp³-hybridized carbons (Fsp3) is 0.154. The predicted octanol–water partition coefficient (Wildman–Crippen LogP) is 2.18. The Labute approximate surface area is 139 Å². The van der Waals surface area contributed by atoms with Gasteiger partial charge >= 0.3 is 0 Å². The highest BCUT2D eigenvalue weighted by Gasteiger charge is 2.41. The van der Waals surface area contributed by atoms with Gasteiger partial charge in [-0.2, -0.15) is 0 Å². The van der Waals surface area contributed by atoms with Gasteiger partial charge in [-0.25, -0.2) is 10.9 Å². The van der Waals surface area contributed by atoms with E-state index in [2.05, 4.69) is 15.9 Å². The topological polar surface area (TPSA) is 66.6 Å². The summed E-state index contributed by atoms with van der Waals surface area (Å²) in [6.07, 6.45) is 0. The third kappa shape index (κ3) is 2.05. The Bertz CT molecular complexity index is 760. The highest BCUT2D eigenvalue weighted by molar-refractivity contribution is 9.10. The van der Waals surface area contributed by atoms with E-state index in [0.717, 1.165) is 38.1 Å². The number of likely N-dealkylation sites (N-methyl/N-ethyl adjacent to an activating group) is 1. The van der Waals surface area contributed by atoms with Crippen LogP contribution in [0.15, 0.2) is 21.5 Å². The molecule has 8 heteroatoms. The first-order chi connectivity index (χ1) is 9.82. The minimum atomic E-state index is -0.438. The molecule has 0 aliphatic carbocycles. The summed E-state index contributed by atoms with van der Waals surface area (Å²) in [5, 5.41) is 0.901. The van der Waals surface area contributed by atoms with E-state index >= 15 is 0 Å². The van der Waals surface area contributed by atoms with Crippen LogP contribution in [-0.2, 0) is 9.59 Å². The summed E-state index contributed by atoms with van der Waals surface area (Å²) in [5.41, 5.74) is 2.83. The van der Waals surface area contributed by atoms with E-state index in [1.807, 2.05) is 19.1 Å². The number of hydrogen-bond acceptors (Lipinski definition) is 5. The lowest BCUT2D eigenvalue weighted by Crippen LogP contribution is -2.35. The van der Waals surface area contributed by atoms with Crippen LogP contribution < -0.4 is 10.7 Å². The molecule has 1 saturated heterocycles. The van der Waals surface area contributed by atoms with E-state index in [9.17, 15) is 9.59 Å². The van der Waals surface area contributed by atoms with E-state index < -0.39 is 5.91 Å². The molecule has 0 spiro atoms. The molecule has 2 heterocycles. The average Bonchev–Trinajstić information content (AvgIpc) is 2.79. The maximum absolute atomic E-state index is 12.6. The van der Waals surface area contributed by atoms with Crippen LogP contribution in [0.2, 0.25) is 0 Å². The fourth-order valence-electron chi connectivity index (χ4n) is 2.40. The zero-order chi connectivity index (χ0) is 15.5. The second kappa shape index (κ2) is 4.91. The Morgan fingerprint density at radius 1 is 1.29 bits per heavy atom. The number of carbonyl (C=O) groups excluding carboxylic acids is 2. The van der Waals surface area contributed by atoms with Crippen molar-refractivity contribution in [3.8, 4) is 0 Å². The number of rotatable bonds is 0. The van der Waals surface area contributed by atoms with E-state index in [-0.39, 0.29) is 15.1 Å². The third-order valence-electron chi connectivity index (χ3n) is 3.36.